The highest BCUT2D eigenvalue weighted by molar-refractivity contribution is 6.42. The molecule has 1 rings (SSSR count). The van der Waals surface area contributed by atoms with Gasteiger partial charge in [0.1, 0.15) is 11.8 Å². The fourth-order valence-electron chi connectivity index (χ4n) is 0.863. The molecule has 2 N–H and O–H groups in total. The van der Waals surface area contributed by atoms with Gasteiger partial charge in [0.05, 0.1) is 15.7 Å². The Morgan fingerprint density at radius 1 is 1.43 bits per heavy atom. The molecule has 1 unspecified atom stereocenters. The summed E-state index contributed by atoms with van der Waals surface area (Å²) in [6.07, 6.45) is -0.574. The maximum absolute atomic E-state index is 8.54. The van der Waals surface area contributed by atoms with Gasteiger partial charge in [-0.25, -0.2) is 0 Å². The highest BCUT2D eigenvalue weighted by atomic mass is 35.5. The average Bonchev–Trinajstić information content (AvgIpc) is 2.14. The van der Waals surface area contributed by atoms with Crippen molar-refractivity contribution in [2.24, 2.45) is 0 Å². The summed E-state index contributed by atoms with van der Waals surface area (Å²) in [5.74, 6) is 0.369. The largest absolute Gasteiger partial charge is 0.474 e. The molecule has 1 aromatic rings. The van der Waals surface area contributed by atoms with Crippen LogP contribution in [0.1, 0.15) is 6.92 Å². The molecule has 1 atom stereocenters. The van der Waals surface area contributed by atoms with E-state index >= 15 is 0 Å². The van der Waals surface area contributed by atoms with Gasteiger partial charge in [-0.3, -0.25) is 0 Å². The Morgan fingerprint density at radius 2 is 2.00 bits per heavy atom. The maximum atomic E-state index is 8.54. The van der Waals surface area contributed by atoms with Gasteiger partial charge in [-0.15, -0.1) is 0 Å². The zero-order valence-electron chi connectivity index (χ0n) is 7.42. The molecule has 5 heteroatoms. The lowest BCUT2D eigenvalue weighted by Gasteiger charge is -2.11. The summed E-state index contributed by atoms with van der Waals surface area (Å²) in [6.45, 7) is 1.61. The minimum absolute atomic E-state index is 0.348. The van der Waals surface area contributed by atoms with Crippen LogP contribution in [0.4, 0.5) is 5.69 Å². The number of benzene rings is 1. The van der Waals surface area contributed by atoms with Crippen molar-refractivity contribution in [3.05, 3.63) is 22.2 Å². The summed E-state index contributed by atoms with van der Waals surface area (Å²) in [6, 6.07) is 4.90. The molecule has 0 aliphatic heterocycles. The van der Waals surface area contributed by atoms with Crippen molar-refractivity contribution in [3.63, 3.8) is 0 Å². The van der Waals surface area contributed by atoms with Crippen molar-refractivity contribution < 1.29 is 4.74 Å². The van der Waals surface area contributed by atoms with Crippen LogP contribution in [0.5, 0.6) is 5.75 Å². The Kier molecular flexibility index (Phi) is 3.45. The Hall–Kier alpha value is -1.11. The van der Waals surface area contributed by atoms with E-state index in [1.165, 1.54) is 12.1 Å². The Labute approximate surface area is 92.0 Å². The van der Waals surface area contributed by atoms with Crippen molar-refractivity contribution in [2.75, 3.05) is 5.73 Å². The SMILES string of the molecule is CC(C#N)Oc1cc(Cl)c(Cl)cc1N. The number of rotatable bonds is 2. The zero-order chi connectivity index (χ0) is 10.7. The predicted molar refractivity (Wildman–Crippen MR) is 56.6 cm³/mol. The van der Waals surface area contributed by atoms with Crippen molar-refractivity contribution in [3.8, 4) is 11.8 Å². The monoisotopic (exact) mass is 230 g/mol. The van der Waals surface area contributed by atoms with E-state index in [1.54, 1.807) is 6.92 Å². The summed E-state index contributed by atoms with van der Waals surface area (Å²) in [5.41, 5.74) is 5.98. The van der Waals surface area contributed by atoms with Crippen LogP contribution in [0.15, 0.2) is 12.1 Å². The highest BCUT2D eigenvalue weighted by Gasteiger charge is 2.08. The van der Waals surface area contributed by atoms with E-state index in [2.05, 4.69) is 0 Å². The highest BCUT2D eigenvalue weighted by Crippen LogP contribution is 2.32. The van der Waals surface area contributed by atoms with Crippen LogP contribution >= 0.6 is 23.2 Å². The van der Waals surface area contributed by atoms with Crippen LogP contribution in [0.2, 0.25) is 10.0 Å². The van der Waals surface area contributed by atoms with Gasteiger partial charge in [0, 0.05) is 6.07 Å². The Bertz CT molecular complexity index is 387. The molecule has 3 nitrogen and oxygen atoms in total. The molecule has 0 saturated heterocycles. The molecular weight excluding hydrogens is 223 g/mol. The maximum Gasteiger partial charge on any atom is 0.181 e. The van der Waals surface area contributed by atoms with Crippen LogP contribution in [-0.2, 0) is 0 Å². The molecule has 0 fully saturated rings. The molecule has 0 aromatic heterocycles. The molecule has 0 aliphatic rings. The molecular formula is C9H8Cl2N2O. The second-order valence-electron chi connectivity index (χ2n) is 2.69. The molecule has 0 radical (unpaired) electrons. The van der Waals surface area contributed by atoms with E-state index in [-0.39, 0.29) is 0 Å². The van der Waals surface area contributed by atoms with Crippen LogP contribution in [0.25, 0.3) is 0 Å². The van der Waals surface area contributed by atoms with Crippen LogP contribution in [-0.4, -0.2) is 6.10 Å². The molecule has 0 heterocycles. The number of nitriles is 1. The second-order valence-corrected chi connectivity index (χ2v) is 3.51. The van der Waals surface area contributed by atoms with Crippen molar-refractivity contribution in [1.29, 1.82) is 5.26 Å². The molecule has 0 saturated carbocycles. The van der Waals surface area contributed by atoms with Crippen molar-refractivity contribution in [1.82, 2.24) is 0 Å². The minimum atomic E-state index is -0.574. The summed E-state index contributed by atoms with van der Waals surface area (Å²) >= 11 is 11.5. The molecule has 1 aromatic carbocycles. The third-order valence-electron chi connectivity index (χ3n) is 1.54. The number of nitrogens with two attached hydrogens (primary N) is 1. The van der Waals surface area contributed by atoms with E-state index in [1.807, 2.05) is 6.07 Å². The molecule has 0 aliphatic carbocycles. The van der Waals surface area contributed by atoms with Crippen LogP contribution < -0.4 is 10.5 Å². The van der Waals surface area contributed by atoms with Gasteiger partial charge < -0.3 is 10.5 Å². The van der Waals surface area contributed by atoms with E-state index in [0.29, 0.717) is 21.5 Å². The first kappa shape index (κ1) is 11.0. The number of ether oxygens (including phenoxy) is 1. The lowest BCUT2D eigenvalue weighted by Crippen LogP contribution is -2.09. The summed E-state index contributed by atoms with van der Waals surface area (Å²) in [4.78, 5) is 0. The standard InChI is InChI=1S/C9H8Cl2N2O/c1-5(4-12)14-9-3-7(11)6(10)2-8(9)13/h2-3,5H,13H2,1H3. The molecule has 74 valence electrons. The number of hydrogen-bond acceptors (Lipinski definition) is 3. The fourth-order valence-corrected chi connectivity index (χ4v) is 1.19. The Balaban J connectivity index is 2.99. The number of nitrogens with zero attached hydrogens (tertiary/aromatic N) is 1. The van der Waals surface area contributed by atoms with Gasteiger partial charge in [-0.2, -0.15) is 5.26 Å². The normalized spacial score (nSPS) is 11.9. The summed E-state index contributed by atoms with van der Waals surface area (Å²) in [5, 5.41) is 9.25. The van der Waals surface area contributed by atoms with Crippen molar-refractivity contribution >= 4 is 28.9 Å². The van der Waals surface area contributed by atoms with E-state index < -0.39 is 6.10 Å². The summed E-state index contributed by atoms with van der Waals surface area (Å²) in [7, 11) is 0. The van der Waals surface area contributed by atoms with Gasteiger partial charge in [0.15, 0.2) is 6.10 Å². The minimum Gasteiger partial charge on any atom is -0.474 e. The lowest BCUT2D eigenvalue weighted by atomic mass is 10.3. The molecule has 0 amide bonds. The van der Waals surface area contributed by atoms with Gasteiger partial charge in [0.25, 0.3) is 0 Å². The van der Waals surface area contributed by atoms with E-state index in [9.17, 15) is 0 Å². The topological polar surface area (TPSA) is 59.0 Å². The zero-order valence-corrected chi connectivity index (χ0v) is 8.93. The van der Waals surface area contributed by atoms with Gasteiger partial charge in [-0.05, 0) is 13.0 Å². The number of halogens is 2. The summed E-state index contributed by atoms with van der Waals surface area (Å²) < 4.78 is 5.20. The smallest absolute Gasteiger partial charge is 0.181 e. The molecule has 0 bridgehead atoms. The third-order valence-corrected chi connectivity index (χ3v) is 2.26. The number of hydrogen-bond donors (Lipinski definition) is 1. The lowest BCUT2D eigenvalue weighted by molar-refractivity contribution is 0.278. The molecule has 0 spiro atoms. The first-order chi connectivity index (χ1) is 6.54. The van der Waals surface area contributed by atoms with Gasteiger partial charge in [-0.1, -0.05) is 23.2 Å². The average molecular weight is 231 g/mol. The number of anilines is 1. The second kappa shape index (κ2) is 4.41. The first-order valence-corrected chi connectivity index (χ1v) is 4.61. The van der Waals surface area contributed by atoms with E-state index in [0.717, 1.165) is 0 Å². The van der Waals surface area contributed by atoms with E-state index in [4.69, 9.17) is 38.9 Å². The van der Waals surface area contributed by atoms with Gasteiger partial charge in [0.2, 0.25) is 0 Å². The van der Waals surface area contributed by atoms with Crippen LogP contribution in [0, 0.1) is 11.3 Å². The third kappa shape index (κ3) is 2.44. The molecule has 14 heavy (non-hydrogen) atoms. The fraction of sp³-hybridized carbons (Fsp3) is 0.222. The Morgan fingerprint density at radius 3 is 2.57 bits per heavy atom. The number of nitrogen functional groups attached to an aromatic ring is 1. The van der Waals surface area contributed by atoms with Gasteiger partial charge >= 0.3 is 0 Å². The quantitative estimate of drug-likeness (QED) is 0.796. The van der Waals surface area contributed by atoms with Crippen LogP contribution in [0.3, 0.4) is 0 Å². The first-order valence-electron chi connectivity index (χ1n) is 3.85. The predicted octanol–water partition coefficient (Wildman–Crippen LogP) is 2.87. The van der Waals surface area contributed by atoms with Crippen molar-refractivity contribution in [2.45, 2.75) is 13.0 Å².